The van der Waals surface area contributed by atoms with E-state index in [9.17, 15) is 0 Å². The number of nitrogens with zero attached hydrogens (tertiary/aromatic N) is 4. The summed E-state index contributed by atoms with van der Waals surface area (Å²) in [4.78, 5) is 2.38. The van der Waals surface area contributed by atoms with Crippen molar-refractivity contribution in [1.29, 1.82) is 0 Å². The molecule has 1 aromatic carbocycles. The molecule has 2 saturated heterocycles. The number of thioether (sulfide) groups is 1. The van der Waals surface area contributed by atoms with Crippen LogP contribution >= 0.6 is 23.4 Å². The summed E-state index contributed by atoms with van der Waals surface area (Å²) < 4.78 is 19.4. The second-order valence-electron chi connectivity index (χ2n) is 8.65. The number of piperidine rings is 1. The lowest BCUT2D eigenvalue weighted by molar-refractivity contribution is -0.0168. The predicted octanol–water partition coefficient (Wildman–Crippen LogP) is 4.51. The first-order chi connectivity index (χ1) is 15.2. The Morgan fingerprint density at radius 3 is 2.87 bits per heavy atom. The molecule has 2 aromatic rings. The number of anilines is 1. The third-order valence-electron chi connectivity index (χ3n) is 6.28. The normalized spacial score (nSPS) is 21.9. The highest BCUT2D eigenvalue weighted by molar-refractivity contribution is 7.98. The van der Waals surface area contributed by atoms with Crippen molar-refractivity contribution in [2.45, 2.75) is 62.8 Å². The summed E-state index contributed by atoms with van der Waals surface area (Å²) in [5.41, 5.74) is 2.06. The van der Waals surface area contributed by atoms with E-state index in [1.807, 2.05) is 12.1 Å². The van der Waals surface area contributed by atoms with E-state index < -0.39 is 0 Å². The van der Waals surface area contributed by atoms with E-state index in [1.165, 1.54) is 12.8 Å². The molecule has 0 aliphatic carbocycles. The van der Waals surface area contributed by atoms with Gasteiger partial charge in [0.2, 0.25) is 5.95 Å². The van der Waals surface area contributed by atoms with Gasteiger partial charge in [0.15, 0.2) is 11.9 Å². The highest BCUT2D eigenvalue weighted by Gasteiger charge is 2.26. The van der Waals surface area contributed by atoms with Crippen LogP contribution in [0.3, 0.4) is 0 Å². The van der Waals surface area contributed by atoms with E-state index in [1.54, 1.807) is 11.8 Å². The van der Waals surface area contributed by atoms with Crippen molar-refractivity contribution in [2.75, 3.05) is 31.4 Å². The highest BCUT2D eigenvalue weighted by atomic mass is 35.5. The second-order valence-corrected chi connectivity index (χ2v) is 10.0. The Hall–Kier alpha value is -1.48. The summed E-state index contributed by atoms with van der Waals surface area (Å²) in [6.07, 6.45) is 4.85. The Morgan fingerprint density at radius 2 is 2.06 bits per heavy atom. The summed E-state index contributed by atoms with van der Waals surface area (Å²) in [5, 5.41) is 10.8. The monoisotopic (exact) mass is 464 g/mol. The van der Waals surface area contributed by atoms with Crippen molar-refractivity contribution in [3.8, 4) is 5.75 Å². The Kier molecular flexibility index (Phi) is 6.59. The first kappa shape index (κ1) is 21.4. The number of ether oxygens (including phenoxy) is 3. The van der Waals surface area contributed by atoms with Gasteiger partial charge >= 0.3 is 0 Å². The van der Waals surface area contributed by atoms with Crippen LogP contribution in [0, 0.1) is 5.92 Å². The Labute approximate surface area is 192 Å². The molecule has 1 aromatic heterocycles. The van der Waals surface area contributed by atoms with E-state index >= 15 is 0 Å². The Bertz CT molecular complexity index is 910. The van der Waals surface area contributed by atoms with Crippen LogP contribution in [0.1, 0.15) is 43.7 Å². The molecule has 0 radical (unpaired) electrons. The maximum Gasteiger partial charge on any atom is 0.228 e. The van der Waals surface area contributed by atoms with Crippen LogP contribution in [0.4, 0.5) is 5.95 Å². The summed E-state index contributed by atoms with van der Waals surface area (Å²) in [7, 11) is 0. The van der Waals surface area contributed by atoms with E-state index in [4.69, 9.17) is 25.8 Å². The number of benzene rings is 1. The number of fused-ring (bicyclic) bond motifs is 1. The fraction of sp³-hybridized carbons (Fsp3) is 0.636. The van der Waals surface area contributed by atoms with Crippen LogP contribution in [-0.2, 0) is 28.4 Å². The molecule has 3 aliphatic rings. The molecule has 9 heteroatoms. The van der Waals surface area contributed by atoms with Gasteiger partial charge in [-0.2, -0.15) is 0 Å². The van der Waals surface area contributed by atoms with E-state index in [0.717, 1.165) is 73.0 Å². The molecule has 168 valence electrons. The molecule has 1 atom stereocenters. The van der Waals surface area contributed by atoms with Crippen molar-refractivity contribution in [2.24, 2.45) is 5.92 Å². The number of halogens is 1. The fourth-order valence-corrected chi connectivity index (χ4v) is 5.66. The quantitative estimate of drug-likeness (QED) is 0.583. The third kappa shape index (κ3) is 4.82. The second kappa shape index (κ2) is 9.57. The minimum Gasteiger partial charge on any atom is -0.467 e. The third-order valence-corrected chi connectivity index (χ3v) is 7.52. The molecular weight excluding hydrogens is 436 g/mol. The molecule has 3 aliphatic heterocycles. The van der Waals surface area contributed by atoms with Crippen LogP contribution < -0.4 is 9.64 Å². The van der Waals surface area contributed by atoms with Crippen LogP contribution in [0.5, 0.6) is 5.75 Å². The van der Waals surface area contributed by atoms with Crippen molar-refractivity contribution < 1.29 is 14.2 Å². The maximum absolute atomic E-state index is 6.35. The lowest BCUT2D eigenvalue weighted by Crippen LogP contribution is -2.35. The van der Waals surface area contributed by atoms with Gasteiger partial charge in [-0.15, -0.1) is 10.2 Å². The van der Waals surface area contributed by atoms with Crippen LogP contribution in [-0.4, -0.2) is 47.4 Å². The summed E-state index contributed by atoms with van der Waals surface area (Å²) in [6, 6.07) is 3.89. The molecule has 31 heavy (non-hydrogen) atoms. The lowest BCUT2D eigenvalue weighted by Gasteiger charge is -2.31. The molecule has 7 nitrogen and oxygen atoms in total. The number of rotatable bonds is 6. The zero-order chi connectivity index (χ0) is 21.2. The smallest absolute Gasteiger partial charge is 0.228 e. The molecule has 0 unspecified atom stereocenters. The van der Waals surface area contributed by atoms with Crippen LogP contribution in [0.2, 0.25) is 5.02 Å². The predicted molar refractivity (Wildman–Crippen MR) is 121 cm³/mol. The molecule has 0 bridgehead atoms. The average Bonchev–Trinajstić information content (AvgIpc) is 3.43. The molecule has 0 saturated carbocycles. The minimum absolute atomic E-state index is 0.234. The van der Waals surface area contributed by atoms with Gasteiger partial charge in [-0.05, 0) is 43.7 Å². The minimum atomic E-state index is 0.234. The fourth-order valence-electron chi connectivity index (χ4n) is 4.49. The Balaban J connectivity index is 1.38. The lowest BCUT2D eigenvalue weighted by atomic mass is 10.00. The van der Waals surface area contributed by atoms with Gasteiger partial charge in [0.05, 0.1) is 19.3 Å². The van der Waals surface area contributed by atoms with E-state index in [2.05, 4.69) is 26.6 Å². The average molecular weight is 465 g/mol. The van der Waals surface area contributed by atoms with Crippen molar-refractivity contribution >= 4 is 29.3 Å². The molecule has 0 spiro atoms. The standard InChI is InChI=1S/C22H29ClN4O3S/c1-15-4-6-26(7-5-15)21-24-25-22(27(21)11-19-3-2-8-29-19)31-13-17-10-18(23)9-16-12-28-14-30-20(16)17/h9-10,15,19H,2-8,11-14H2,1H3/t19-/m0/s1. The van der Waals surface area contributed by atoms with Gasteiger partial charge < -0.3 is 19.1 Å². The Morgan fingerprint density at radius 1 is 1.19 bits per heavy atom. The van der Waals surface area contributed by atoms with Crippen molar-refractivity contribution in [3.05, 3.63) is 28.3 Å². The van der Waals surface area contributed by atoms with Gasteiger partial charge in [-0.1, -0.05) is 30.3 Å². The number of hydrogen-bond acceptors (Lipinski definition) is 7. The van der Waals surface area contributed by atoms with Gasteiger partial charge in [-0.3, -0.25) is 4.57 Å². The van der Waals surface area contributed by atoms with Gasteiger partial charge in [0, 0.05) is 41.6 Å². The highest BCUT2D eigenvalue weighted by Crippen LogP contribution is 2.36. The molecule has 0 N–H and O–H groups in total. The van der Waals surface area contributed by atoms with E-state index in [0.29, 0.717) is 17.4 Å². The van der Waals surface area contributed by atoms with Crippen molar-refractivity contribution in [3.63, 3.8) is 0 Å². The molecule has 0 amide bonds. The zero-order valence-corrected chi connectivity index (χ0v) is 19.5. The van der Waals surface area contributed by atoms with Gasteiger partial charge in [0.1, 0.15) is 5.75 Å². The molecule has 2 fully saturated rings. The summed E-state index contributed by atoms with van der Waals surface area (Å²) in [5.74, 6) is 3.35. The molecule has 5 rings (SSSR count). The van der Waals surface area contributed by atoms with Crippen molar-refractivity contribution in [1.82, 2.24) is 14.8 Å². The summed E-state index contributed by atoms with van der Waals surface area (Å²) in [6.45, 7) is 6.85. The number of hydrogen-bond donors (Lipinski definition) is 0. The molecular formula is C22H29ClN4O3S. The first-order valence-electron chi connectivity index (χ1n) is 11.1. The SMILES string of the molecule is CC1CCN(c2nnc(SCc3cc(Cl)cc4c3OCOC4)n2C[C@@H]2CCCO2)CC1. The topological polar surface area (TPSA) is 61.6 Å². The first-order valence-corrected chi connectivity index (χ1v) is 12.5. The van der Waals surface area contributed by atoms with Gasteiger partial charge in [0.25, 0.3) is 0 Å². The van der Waals surface area contributed by atoms with Crippen LogP contribution in [0.25, 0.3) is 0 Å². The maximum atomic E-state index is 6.35. The zero-order valence-electron chi connectivity index (χ0n) is 17.9. The molecule has 4 heterocycles. The number of aromatic nitrogens is 3. The van der Waals surface area contributed by atoms with E-state index in [-0.39, 0.29) is 12.9 Å². The summed E-state index contributed by atoms with van der Waals surface area (Å²) >= 11 is 8.03. The largest absolute Gasteiger partial charge is 0.467 e. The van der Waals surface area contributed by atoms with Gasteiger partial charge in [-0.25, -0.2) is 0 Å². The van der Waals surface area contributed by atoms with Crippen LogP contribution in [0.15, 0.2) is 17.3 Å².